The lowest BCUT2D eigenvalue weighted by molar-refractivity contribution is 0.0721. The van der Waals surface area contributed by atoms with Crippen LogP contribution in [-0.2, 0) is 0 Å². The minimum atomic E-state index is -0.215. The molecule has 1 aliphatic heterocycles. The average molecular weight is 376 g/mol. The fourth-order valence-electron chi connectivity index (χ4n) is 3.76. The monoisotopic (exact) mass is 376 g/mol. The Hall–Kier alpha value is -3.15. The zero-order valence-electron chi connectivity index (χ0n) is 16.0. The van der Waals surface area contributed by atoms with Crippen molar-refractivity contribution in [2.45, 2.75) is 26.2 Å². The first-order valence-electron chi connectivity index (χ1n) is 9.84. The van der Waals surface area contributed by atoms with E-state index in [0.717, 1.165) is 38.0 Å². The molecule has 0 spiro atoms. The van der Waals surface area contributed by atoms with E-state index in [-0.39, 0.29) is 17.6 Å². The quantitative estimate of drug-likeness (QED) is 0.699. The topological polar surface area (TPSA) is 57.9 Å². The van der Waals surface area contributed by atoms with E-state index >= 15 is 0 Å². The average Bonchev–Trinajstić information content (AvgIpc) is 3.15. The van der Waals surface area contributed by atoms with Gasteiger partial charge in [-0.1, -0.05) is 24.3 Å². The Labute approximate surface area is 164 Å². The number of carbonyl (C=O) groups is 2. The number of nitrogens with zero attached hydrogens (tertiary/aromatic N) is 4. The number of pyridine rings is 1. The highest BCUT2D eigenvalue weighted by atomic mass is 16.2. The zero-order valence-corrected chi connectivity index (χ0v) is 16.0. The van der Waals surface area contributed by atoms with Gasteiger partial charge in [0, 0.05) is 31.5 Å². The number of likely N-dealkylation sites (tertiary alicyclic amines) is 1. The zero-order chi connectivity index (χ0) is 19.5. The molecule has 1 aromatic carbocycles. The minimum absolute atomic E-state index is 0.0924. The van der Waals surface area contributed by atoms with E-state index in [0.29, 0.717) is 17.8 Å². The Morgan fingerprint density at radius 3 is 2.43 bits per heavy atom. The van der Waals surface area contributed by atoms with E-state index < -0.39 is 0 Å². The van der Waals surface area contributed by atoms with Crippen LogP contribution in [0.5, 0.6) is 0 Å². The van der Waals surface area contributed by atoms with Gasteiger partial charge >= 0.3 is 0 Å². The highest BCUT2D eigenvalue weighted by molar-refractivity contribution is 6.07. The van der Waals surface area contributed by atoms with Gasteiger partial charge in [-0.3, -0.25) is 14.0 Å². The molecule has 4 rings (SSSR count). The predicted octanol–water partition coefficient (Wildman–Crippen LogP) is 3.63. The van der Waals surface area contributed by atoms with Crippen LogP contribution in [0.3, 0.4) is 0 Å². The van der Waals surface area contributed by atoms with Crippen molar-refractivity contribution >= 4 is 23.0 Å². The van der Waals surface area contributed by atoms with E-state index in [1.54, 1.807) is 15.5 Å². The summed E-state index contributed by atoms with van der Waals surface area (Å²) in [5.74, 6) is -0.0422. The van der Waals surface area contributed by atoms with E-state index in [9.17, 15) is 9.59 Å². The summed E-state index contributed by atoms with van der Waals surface area (Å²) in [5, 5.41) is 0. The lowest BCUT2D eigenvalue weighted by atomic mass is 10.1. The summed E-state index contributed by atoms with van der Waals surface area (Å²) in [5.41, 5.74) is 1.84. The van der Waals surface area contributed by atoms with Gasteiger partial charge in [0.05, 0.1) is 5.52 Å². The van der Waals surface area contributed by atoms with Crippen LogP contribution in [0.2, 0.25) is 0 Å². The Balaban J connectivity index is 1.75. The molecule has 0 bridgehead atoms. The van der Waals surface area contributed by atoms with Crippen LogP contribution in [0.25, 0.3) is 5.52 Å². The van der Waals surface area contributed by atoms with Gasteiger partial charge in [-0.05, 0) is 50.5 Å². The Kier molecular flexibility index (Phi) is 5.10. The van der Waals surface area contributed by atoms with Gasteiger partial charge in [0.1, 0.15) is 0 Å². The van der Waals surface area contributed by atoms with Gasteiger partial charge in [0.25, 0.3) is 11.8 Å². The molecule has 6 nitrogen and oxygen atoms in total. The number of imidazole rings is 1. The summed E-state index contributed by atoms with van der Waals surface area (Å²) in [4.78, 5) is 34.5. The van der Waals surface area contributed by atoms with Crippen LogP contribution < -0.4 is 4.90 Å². The van der Waals surface area contributed by atoms with Crippen molar-refractivity contribution in [1.82, 2.24) is 14.3 Å². The number of carbonyl (C=O) groups excluding carboxylic acids is 2. The highest BCUT2D eigenvalue weighted by Gasteiger charge is 2.28. The molecule has 0 unspecified atom stereocenters. The van der Waals surface area contributed by atoms with Crippen molar-refractivity contribution in [2.75, 3.05) is 24.5 Å². The summed E-state index contributed by atoms with van der Waals surface area (Å²) < 4.78 is 1.73. The summed E-state index contributed by atoms with van der Waals surface area (Å²) in [6.07, 6.45) is 4.98. The molecule has 144 valence electrons. The maximum Gasteiger partial charge on any atom is 0.294 e. The third kappa shape index (κ3) is 3.26. The molecular formula is C22H24N4O2. The molecule has 0 atom stereocenters. The highest BCUT2D eigenvalue weighted by Crippen LogP contribution is 2.21. The second-order valence-electron chi connectivity index (χ2n) is 6.98. The lowest BCUT2D eigenvalue weighted by Gasteiger charge is -2.26. The van der Waals surface area contributed by atoms with Crippen molar-refractivity contribution in [3.8, 4) is 0 Å². The molecule has 28 heavy (non-hydrogen) atoms. The van der Waals surface area contributed by atoms with E-state index in [1.165, 1.54) is 0 Å². The Bertz CT molecular complexity index is 990. The second kappa shape index (κ2) is 7.84. The molecule has 1 saturated heterocycles. The Morgan fingerprint density at radius 2 is 1.71 bits per heavy atom. The number of aromatic nitrogens is 2. The summed E-state index contributed by atoms with van der Waals surface area (Å²) in [6, 6.07) is 15.1. The third-order valence-corrected chi connectivity index (χ3v) is 5.21. The number of anilines is 1. The maximum atomic E-state index is 13.3. The van der Waals surface area contributed by atoms with Crippen LogP contribution in [0.4, 0.5) is 5.69 Å². The first-order chi connectivity index (χ1) is 13.7. The summed E-state index contributed by atoms with van der Waals surface area (Å²) in [6.45, 7) is 3.94. The molecule has 0 N–H and O–H groups in total. The molecule has 0 radical (unpaired) electrons. The van der Waals surface area contributed by atoms with E-state index in [4.69, 9.17) is 0 Å². The SMILES string of the molecule is CCN(C(=O)c1nc(C(=O)N2CCCCC2)c2ccccn12)c1ccccc1. The number of hydrogen-bond donors (Lipinski definition) is 0. The predicted molar refractivity (Wildman–Crippen MR) is 109 cm³/mol. The smallest absolute Gasteiger partial charge is 0.294 e. The summed E-state index contributed by atoms with van der Waals surface area (Å²) >= 11 is 0. The molecule has 1 aliphatic rings. The molecule has 2 aromatic heterocycles. The number of para-hydroxylation sites is 1. The molecule has 1 fully saturated rings. The van der Waals surface area contributed by atoms with Crippen molar-refractivity contribution in [2.24, 2.45) is 0 Å². The van der Waals surface area contributed by atoms with Gasteiger partial charge in [-0.2, -0.15) is 0 Å². The van der Waals surface area contributed by atoms with E-state index in [2.05, 4.69) is 4.98 Å². The molecule has 0 saturated carbocycles. The number of rotatable bonds is 4. The van der Waals surface area contributed by atoms with Crippen LogP contribution >= 0.6 is 0 Å². The van der Waals surface area contributed by atoms with Crippen LogP contribution in [-0.4, -0.2) is 45.7 Å². The van der Waals surface area contributed by atoms with Crippen molar-refractivity contribution in [3.63, 3.8) is 0 Å². The molecule has 3 heterocycles. The van der Waals surface area contributed by atoms with Gasteiger partial charge in [-0.15, -0.1) is 0 Å². The van der Waals surface area contributed by atoms with Gasteiger partial charge in [0.15, 0.2) is 5.69 Å². The van der Waals surface area contributed by atoms with Crippen LogP contribution in [0.15, 0.2) is 54.7 Å². The molecule has 6 heteroatoms. The van der Waals surface area contributed by atoms with E-state index in [1.807, 2.05) is 60.4 Å². The standard InChI is InChI=1S/C22H24N4O2/c1-2-25(17-11-5-3-6-12-17)22(28)20-23-19(18-13-7-10-16-26(18)20)21(27)24-14-8-4-9-15-24/h3,5-7,10-13,16H,2,4,8-9,14-15H2,1H3. The Morgan fingerprint density at radius 1 is 1.00 bits per heavy atom. The van der Waals surface area contributed by atoms with Crippen molar-refractivity contribution in [1.29, 1.82) is 0 Å². The number of benzene rings is 1. The minimum Gasteiger partial charge on any atom is -0.337 e. The van der Waals surface area contributed by atoms with Crippen LogP contribution in [0.1, 0.15) is 47.3 Å². The number of amides is 2. The van der Waals surface area contributed by atoms with Gasteiger partial charge < -0.3 is 9.80 Å². The van der Waals surface area contributed by atoms with Crippen molar-refractivity contribution < 1.29 is 9.59 Å². The molecule has 3 aromatic rings. The molecule has 0 aliphatic carbocycles. The normalized spacial score (nSPS) is 14.2. The fourth-order valence-corrected chi connectivity index (χ4v) is 3.76. The van der Waals surface area contributed by atoms with Gasteiger partial charge in [-0.25, -0.2) is 4.98 Å². The number of hydrogen-bond acceptors (Lipinski definition) is 3. The molecular weight excluding hydrogens is 352 g/mol. The number of fused-ring (bicyclic) bond motifs is 1. The fraction of sp³-hybridized carbons (Fsp3) is 0.318. The van der Waals surface area contributed by atoms with Gasteiger partial charge in [0.2, 0.25) is 5.82 Å². The third-order valence-electron chi connectivity index (χ3n) is 5.21. The molecule has 2 amide bonds. The summed E-state index contributed by atoms with van der Waals surface area (Å²) in [7, 11) is 0. The van der Waals surface area contributed by atoms with Crippen molar-refractivity contribution in [3.05, 3.63) is 66.2 Å². The first kappa shape index (κ1) is 18.2. The first-order valence-corrected chi connectivity index (χ1v) is 9.84. The number of piperidine rings is 1. The second-order valence-corrected chi connectivity index (χ2v) is 6.98. The largest absolute Gasteiger partial charge is 0.337 e. The van der Waals surface area contributed by atoms with Crippen LogP contribution in [0, 0.1) is 0 Å². The lowest BCUT2D eigenvalue weighted by Crippen LogP contribution is -2.36. The maximum absolute atomic E-state index is 13.3.